The molecule has 13 heteroatoms. The first kappa shape index (κ1) is 28.4. The second kappa shape index (κ2) is 12.5. The minimum absolute atomic E-state index is 0.0528. The molecule has 1 fully saturated rings. The third-order valence-corrected chi connectivity index (χ3v) is 8.37. The minimum atomic E-state index is -3.93. The predicted molar refractivity (Wildman–Crippen MR) is 149 cm³/mol. The Hall–Kier alpha value is -3.61. The maximum atomic E-state index is 13.6. The number of sulfonamides is 1. The number of carbonyl (C=O) groups is 2. The van der Waals surface area contributed by atoms with Crippen LogP contribution in [0.2, 0.25) is 5.02 Å². The Bertz CT molecular complexity index is 1450. The number of carbonyl (C=O) groups excluding carboxylic acids is 2. The number of aryl methyl sites for hydroxylation is 1. The average Bonchev–Trinajstić information content (AvgIpc) is 2.90. The summed E-state index contributed by atoms with van der Waals surface area (Å²) in [5.74, 6) is 0.166. The highest BCUT2D eigenvalue weighted by molar-refractivity contribution is 7.89. The van der Waals surface area contributed by atoms with Gasteiger partial charge < -0.3 is 26.0 Å². The van der Waals surface area contributed by atoms with Crippen molar-refractivity contribution in [2.75, 3.05) is 38.6 Å². The average molecular weight is 575 g/mol. The molecule has 0 radical (unpaired) electrons. The number of benzene rings is 2. The highest BCUT2D eigenvalue weighted by Gasteiger charge is 2.26. The summed E-state index contributed by atoms with van der Waals surface area (Å²) in [5, 5.41) is 12.7. The van der Waals surface area contributed by atoms with E-state index >= 15 is 0 Å². The maximum Gasteiger partial charge on any atom is 0.316 e. The van der Waals surface area contributed by atoms with Gasteiger partial charge in [0, 0.05) is 60.8 Å². The number of ether oxygens (including phenoxy) is 1. The summed E-state index contributed by atoms with van der Waals surface area (Å²) in [7, 11) is -2.43. The predicted octanol–water partition coefficient (Wildman–Crippen LogP) is 2.84. The number of urea groups is 1. The van der Waals surface area contributed by atoms with Crippen LogP contribution in [-0.4, -0.2) is 69.1 Å². The van der Waals surface area contributed by atoms with Crippen molar-refractivity contribution in [3.8, 4) is 5.75 Å². The van der Waals surface area contributed by atoms with E-state index in [0.717, 1.165) is 22.3 Å². The molecule has 4 rings (SSSR count). The quantitative estimate of drug-likeness (QED) is 0.276. The molecule has 2 heterocycles. The standard InChI is InChI=1S/C26H31ClN6O5S/c1-17-15-23(21-16-18(27)3-8-22(21)30-17)28-12-14-33(39(36,37)20-6-4-19(38-2)5-7-20)13-10-25(34)31-24-9-11-29-26(35)32-24/h3-8,15-16,24H,9-14H2,1-2H3,(H,28,30)(H,31,34)(H2,29,32,35). The Morgan fingerprint density at radius 3 is 2.67 bits per heavy atom. The largest absolute Gasteiger partial charge is 0.497 e. The van der Waals surface area contributed by atoms with Crippen LogP contribution in [-0.2, 0) is 14.8 Å². The van der Waals surface area contributed by atoms with Crippen LogP contribution in [0.15, 0.2) is 53.4 Å². The molecule has 1 aliphatic rings. The van der Waals surface area contributed by atoms with Crippen molar-refractivity contribution >= 4 is 50.2 Å². The number of amides is 3. The summed E-state index contributed by atoms with van der Waals surface area (Å²) in [6.07, 6.45) is -0.0599. The van der Waals surface area contributed by atoms with Gasteiger partial charge >= 0.3 is 6.03 Å². The molecule has 1 unspecified atom stereocenters. The van der Waals surface area contributed by atoms with Crippen LogP contribution in [0, 0.1) is 6.92 Å². The summed E-state index contributed by atoms with van der Waals surface area (Å²) in [4.78, 5) is 28.8. The Morgan fingerprint density at radius 1 is 1.18 bits per heavy atom. The molecule has 39 heavy (non-hydrogen) atoms. The van der Waals surface area contributed by atoms with Gasteiger partial charge in [0.15, 0.2) is 0 Å². The third-order valence-electron chi connectivity index (χ3n) is 6.22. The van der Waals surface area contributed by atoms with Crippen molar-refractivity contribution in [1.29, 1.82) is 0 Å². The first-order chi connectivity index (χ1) is 18.7. The Kier molecular flexibility index (Phi) is 9.10. The fourth-order valence-corrected chi connectivity index (χ4v) is 5.87. The van der Waals surface area contributed by atoms with Gasteiger partial charge in [-0.3, -0.25) is 9.78 Å². The smallest absolute Gasteiger partial charge is 0.316 e. The van der Waals surface area contributed by atoms with Gasteiger partial charge in [-0.25, -0.2) is 13.2 Å². The van der Waals surface area contributed by atoms with Crippen LogP contribution in [0.1, 0.15) is 18.5 Å². The minimum Gasteiger partial charge on any atom is -0.497 e. The van der Waals surface area contributed by atoms with Gasteiger partial charge in [-0.2, -0.15) is 4.31 Å². The molecule has 4 N–H and O–H groups in total. The molecular formula is C26H31ClN6O5S. The van der Waals surface area contributed by atoms with Crippen molar-refractivity contribution in [3.63, 3.8) is 0 Å². The zero-order valence-corrected chi connectivity index (χ0v) is 23.2. The first-order valence-corrected chi connectivity index (χ1v) is 14.3. The lowest BCUT2D eigenvalue weighted by Gasteiger charge is -2.26. The monoisotopic (exact) mass is 574 g/mol. The number of methoxy groups -OCH3 is 1. The van der Waals surface area contributed by atoms with Crippen LogP contribution >= 0.6 is 11.6 Å². The van der Waals surface area contributed by atoms with Gasteiger partial charge in [0.05, 0.1) is 17.5 Å². The molecule has 0 bridgehead atoms. The highest BCUT2D eigenvalue weighted by Crippen LogP contribution is 2.26. The normalized spacial score (nSPS) is 15.5. The van der Waals surface area contributed by atoms with E-state index in [2.05, 4.69) is 26.3 Å². The number of pyridine rings is 1. The topological polar surface area (TPSA) is 142 Å². The fraction of sp³-hybridized carbons (Fsp3) is 0.346. The number of aromatic nitrogens is 1. The third kappa shape index (κ3) is 7.28. The van der Waals surface area contributed by atoms with E-state index in [-0.39, 0.29) is 42.9 Å². The van der Waals surface area contributed by atoms with Crippen LogP contribution in [0.5, 0.6) is 5.75 Å². The van der Waals surface area contributed by atoms with Crippen LogP contribution in [0.4, 0.5) is 10.5 Å². The number of rotatable bonds is 11. The maximum absolute atomic E-state index is 13.6. The van der Waals surface area contributed by atoms with E-state index in [1.54, 1.807) is 24.3 Å². The lowest BCUT2D eigenvalue weighted by atomic mass is 10.1. The second-order valence-corrected chi connectivity index (χ2v) is 11.4. The molecule has 2 aromatic carbocycles. The van der Waals surface area contributed by atoms with Crippen molar-refractivity contribution in [2.24, 2.45) is 0 Å². The van der Waals surface area contributed by atoms with Crippen molar-refractivity contribution in [2.45, 2.75) is 30.8 Å². The number of nitrogens with zero attached hydrogens (tertiary/aromatic N) is 2. The number of hydrogen-bond donors (Lipinski definition) is 4. The molecule has 0 saturated carbocycles. The fourth-order valence-electron chi connectivity index (χ4n) is 4.25. The summed E-state index contributed by atoms with van der Waals surface area (Å²) < 4.78 is 33.5. The SMILES string of the molecule is COc1ccc(S(=O)(=O)N(CCNc2cc(C)nc3ccc(Cl)cc23)CCC(=O)NC2CCNC(=O)N2)cc1. The van der Waals surface area contributed by atoms with Crippen LogP contribution in [0.3, 0.4) is 0 Å². The van der Waals surface area contributed by atoms with E-state index in [4.69, 9.17) is 16.3 Å². The molecule has 0 aliphatic carbocycles. The molecule has 1 aliphatic heterocycles. The van der Waals surface area contributed by atoms with Crippen LogP contribution < -0.4 is 26.0 Å². The second-order valence-electron chi connectivity index (χ2n) is 9.04. The molecule has 1 saturated heterocycles. The molecule has 208 valence electrons. The number of anilines is 1. The Labute approximate surface area is 232 Å². The van der Waals surface area contributed by atoms with Crippen molar-refractivity contribution in [1.82, 2.24) is 25.2 Å². The van der Waals surface area contributed by atoms with E-state index in [9.17, 15) is 18.0 Å². The van der Waals surface area contributed by atoms with Gasteiger partial charge in [-0.05, 0) is 55.5 Å². The van der Waals surface area contributed by atoms with Crippen molar-refractivity contribution < 1.29 is 22.7 Å². The lowest BCUT2D eigenvalue weighted by Crippen LogP contribution is -2.56. The van der Waals surface area contributed by atoms with E-state index < -0.39 is 16.2 Å². The zero-order valence-electron chi connectivity index (χ0n) is 21.7. The van der Waals surface area contributed by atoms with Gasteiger partial charge in [0.25, 0.3) is 0 Å². The summed E-state index contributed by atoms with van der Waals surface area (Å²) in [5.41, 5.74) is 2.35. The lowest BCUT2D eigenvalue weighted by molar-refractivity contribution is -0.122. The van der Waals surface area contributed by atoms with Crippen LogP contribution in [0.25, 0.3) is 10.9 Å². The summed E-state index contributed by atoms with van der Waals surface area (Å²) in [6, 6.07) is 13.0. The molecule has 0 spiro atoms. The van der Waals surface area contributed by atoms with E-state index in [1.165, 1.54) is 23.5 Å². The summed E-state index contributed by atoms with van der Waals surface area (Å²) >= 11 is 6.20. The Balaban J connectivity index is 1.49. The summed E-state index contributed by atoms with van der Waals surface area (Å²) in [6.45, 7) is 2.63. The van der Waals surface area contributed by atoms with Gasteiger partial charge in [0.2, 0.25) is 15.9 Å². The van der Waals surface area contributed by atoms with E-state index in [0.29, 0.717) is 23.7 Å². The molecule has 1 aromatic heterocycles. The molecule has 3 amide bonds. The highest BCUT2D eigenvalue weighted by atomic mass is 35.5. The molecular weight excluding hydrogens is 544 g/mol. The van der Waals surface area contributed by atoms with Gasteiger partial charge in [-0.1, -0.05) is 11.6 Å². The van der Waals surface area contributed by atoms with Crippen molar-refractivity contribution in [3.05, 3.63) is 59.2 Å². The number of halogens is 1. The molecule has 11 nitrogen and oxygen atoms in total. The zero-order chi connectivity index (χ0) is 28.0. The number of hydrogen-bond acceptors (Lipinski definition) is 7. The first-order valence-electron chi connectivity index (χ1n) is 12.4. The Morgan fingerprint density at radius 2 is 1.95 bits per heavy atom. The van der Waals surface area contributed by atoms with E-state index in [1.807, 2.05) is 19.1 Å². The molecule has 1 atom stereocenters. The van der Waals surface area contributed by atoms with Gasteiger partial charge in [0.1, 0.15) is 11.9 Å². The molecule has 3 aromatic rings. The van der Waals surface area contributed by atoms with Gasteiger partial charge in [-0.15, -0.1) is 0 Å². The number of fused-ring (bicyclic) bond motifs is 1. The number of nitrogens with one attached hydrogen (secondary N) is 4.